The molecule has 7 N–H and O–H groups in total. The molecule has 0 unspecified atom stereocenters. The summed E-state index contributed by atoms with van der Waals surface area (Å²) in [5.41, 5.74) is 0.723. The van der Waals surface area contributed by atoms with Crippen molar-refractivity contribution in [3.63, 3.8) is 0 Å². The molecule has 3 rings (SSSR count). The summed E-state index contributed by atoms with van der Waals surface area (Å²) in [6.45, 7) is 11.4. The Morgan fingerprint density at radius 1 is 0.873 bits per heavy atom. The molecule has 2 aliphatic rings. The second-order valence-corrected chi connectivity index (χ2v) is 14.7. The van der Waals surface area contributed by atoms with Crippen LogP contribution in [0.25, 0.3) is 0 Å². The number of ether oxygens (including phenoxy) is 3. The summed E-state index contributed by atoms with van der Waals surface area (Å²) in [7, 11) is 1.21. The van der Waals surface area contributed by atoms with Gasteiger partial charge in [-0.05, 0) is 42.7 Å². The van der Waals surface area contributed by atoms with E-state index in [1.807, 2.05) is 13.8 Å². The SMILES string of the molecule is COC(=O)[C@@H](NC(=O)[C@H](CC(C)C)NC(=O)CNC(=O)[C@@H]1O[C@@]2(c3cccc(NC(=O)CNC(=O)[C@@H](NC(C)=O)C(C)C)c3)CCCNC(=O)[C@@H]1O2)C(C)C. The summed E-state index contributed by atoms with van der Waals surface area (Å²) in [6.07, 6.45) is -1.99. The van der Waals surface area contributed by atoms with Crippen molar-refractivity contribution in [1.82, 2.24) is 31.9 Å². The summed E-state index contributed by atoms with van der Waals surface area (Å²) in [6, 6.07) is 3.68. The van der Waals surface area contributed by atoms with E-state index >= 15 is 0 Å². The Balaban J connectivity index is 1.70. The Bertz CT molecular complexity index is 1600. The van der Waals surface area contributed by atoms with Crippen LogP contribution in [0.15, 0.2) is 24.3 Å². The number of carbonyl (C=O) groups excluding carboxylic acids is 8. The molecule has 0 aromatic heterocycles. The lowest BCUT2D eigenvalue weighted by molar-refractivity contribution is -0.195. The average Bonchev–Trinajstić information content (AvgIpc) is 3.54. The van der Waals surface area contributed by atoms with Crippen molar-refractivity contribution >= 4 is 53.0 Å². The van der Waals surface area contributed by atoms with Crippen molar-refractivity contribution in [2.75, 3.05) is 32.1 Å². The first-order chi connectivity index (χ1) is 25.9. The molecular weight excluding hydrogens is 718 g/mol. The Morgan fingerprint density at radius 3 is 2.16 bits per heavy atom. The summed E-state index contributed by atoms with van der Waals surface area (Å²) in [5, 5.41) is 18.2. The molecule has 1 aromatic carbocycles. The van der Waals surface area contributed by atoms with Gasteiger partial charge in [-0.2, -0.15) is 0 Å². The van der Waals surface area contributed by atoms with E-state index in [9.17, 15) is 38.4 Å². The van der Waals surface area contributed by atoms with E-state index in [0.717, 1.165) is 0 Å². The first-order valence-corrected chi connectivity index (χ1v) is 18.4. The van der Waals surface area contributed by atoms with Crippen LogP contribution in [0.3, 0.4) is 0 Å². The van der Waals surface area contributed by atoms with Gasteiger partial charge in [0.2, 0.25) is 29.5 Å². The van der Waals surface area contributed by atoms with Crippen LogP contribution in [0, 0.1) is 17.8 Å². The highest BCUT2D eigenvalue weighted by Crippen LogP contribution is 2.43. The summed E-state index contributed by atoms with van der Waals surface area (Å²) >= 11 is 0. The van der Waals surface area contributed by atoms with Gasteiger partial charge in [-0.15, -0.1) is 0 Å². The predicted octanol–water partition coefficient (Wildman–Crippen LogP) is -0.290. The molecule has 2 fully saturated rings. The van der Waals surface area contributed by atoms with E-state index in [0.29, 0.717) is 17.7 Å². The number of hydrogen-bond acceptors (Lipinski definition) is 11. The van der Waals surface area contributed by atoms with Crippen LogP contribution in [0.2, 0.25) is 0 Å². The molecule has 0 saturated carbocycles. The maximum absolute atomic E-state index is 13.5. The van der Waals surface area contributed by atoms with Crippen molar-refractivity contribution in [3.8, 4) is 0 Å². The summed E-state index contributed by atoms with van der Waals surface area (Å²) < 4.78 is 17.2. The molecule has 6 atom stereocenters. The molecule has 7 amide bonds. The number of carbonyl (C=O) groups is 8. The molecule has 2 saturated heterocycles. The van der Waals surface area contributed by atoms with Gasteiger partial charge in [0.25, 0.3) is 11.8 Å². The van der Waals surface area contributed by atoms with E-state index in [2.05, 4.69) is 37.2 Å². The van der Waals surface area contributed by atoms with Crippen LogP contribution in [0.5, 0.6) is 0 Å². The number of fused-ring (bicyclic) bond motifs is 2. The molecule has 0 radical (unpaired) electrons. The molecule has 55 heavy (non-hydrogen) atoms. The fraction of sp³-hybridized carbons (Fsp3) is 0.622. The monoisotopic (exact) mass is 773 g/mol. The highest BCUT2D eigenvalue weighted by molar-refractivity contribution is 5.97. The van der Waals surface area contributed by atoms with Crippen LogP contribution in [-0.4, -0.2) is 104 Å². The smallest absolute Gasteiger partial charge is 0.328 e. The van der Waals surface area contributed by atoms with Crippen molar-refractivity contribution in [1.29, 1.82) is 0 Å². The average molecular weight is 774 g/mol. The van der Waals surface area contributed by atoms with Gasteiger partial charge in [-0.25, -0.2) is 4.79 Å². The van der Waals surface area contributed by atoms with Crippen LogP contribution >= 0.6 is 0 Å². The molecule has 304 valence electrons. The van der Waals surface area contributed by atoms with Gasteiger partial charge in [0.1, 0.15) is 18.1 Å². The molecular formula is C37H55N7O11. The fourth-order valence-corrected chi connectivity index (χ4v) is 6.14. The molecule has 18 nitrogen and oxygen atoms in total. The topological polar surface area (TPSA) is 248 Å². The van der Waals surface area contributed by atoms with Crippen LogP contribution in [-0.2, 0) is 58.4 Å². The van der Waals surface area contributed by atoms with Crippen LogP contribution < -0.4 is 37.2 Å². The predicted molar refractivity (Wildman–Crippen MR) is 197 cm³/mol. The Labute approximate surface area is 320 Å². The number of esters is 1. The Kier molecular flexibility index (Phi) is 16.1. The summed E-state index contributed by atoms with van der Waals surface area (Å²) in [5.74, 6) is -6.85. The highest BCUT2D eigenvalue weighted by atomic mass is 16.8. The molecule has 2 bridgehead atoms. The van der Waals surface area contributed by atoms with Crippen molar-refractivity contribution in [2.24, 2.45) is 17.8 Å². The minimum Gasteiger partial charge on any atom is -0.467 e. The van der Waals surface area contributed by atoms with Crippen molar-refractivity contribution < 1.29 is 52.6 Å². The van der Waals surface area contributed by atoms with Gasteiger partial charge in [-0.1, -0.05) is 53.7 Å². The lowest BCUT2D eigenvalue weighted by atomic mass is 9.99. The van der Waals surface area contributed by atoms with Crippen molar-refractivity contribution in [3.05, 3.63) is 29.8 Å². The van der Waals surface area contributed by atoms with E-state index in [1.165, 1.54) is 14.0 Å². The van der Waals surface area contributed by atoms with E-state index in [4.69, 9.17) is 14.2 Å². The number of amides is 7. The van der Waals surface area contributed by atoms with Crippen molar-refractivity contribution in [2.45, 2.75) is 104 Å². The zero-order chi connectivity index (χ0) is 41.0. The molecule has 0 spiro atoms. The van der Waals surface area contributed by atoms with Gasteiger partial charge in [0.05, 0.1) is 20.2 Å². The van der Waals surface area contributed by atoms with Gasteiger partial charge >= 0.3 is 5.97 Å². The quantitative estimate of drug-likeness (QED) is 0.101. The fourth-order valence-electron chi connectivity index (χ4n) is 6.14. The second kappa shape index (κ2) is 20.0. The zero-order valence-corrected chi connectivity index (χ0v) is 32.7. The number of hydrogen-bond donors (Lipinski definition) is 7. The lowest BCUT2D eigenvalue weighted by Crippen LogP contribution is -2.55. The molecule has 2 aliphatic heterocycles. The van der Waals surface area contributed by atoms with Gasteiger partial charge in [-0.3, -0.25) is 33.6 Å². The van der Waals surface area contributed by atoms with Crippen LogP contribution in [0.1, 0.15) is 73.3 Å². The first kappa shape index (κ1) is 44.3. The minimum absolute atomic E-state index is 0.0153. The minimum atomic E-state index is -1.57. The molecule has 0 aliphatic carbocycles. The van der Waals surface area contributed by atoms with E-state index < -0.39 is 84.1 Å². The highest BCUT2D eigenvalue weighted by Gasteiger charge is 2.55. The number of benzene rings is 1. The van der Waals surface area contributed by atoms with Gasteiger partial charge in [0.15, 0.2) is 18.0 Å². The first-order valence-electron chi connectivity index (χ1n) is 18.4. The molecule has 1 aromatic rings. The standard InChI is InChI=1S/C37H55N7O11/c1-19(2)15-25(32(48)44-29(21(5)6)36(52)53-8)43-27(47)18-40-35(51)31-30-34(50)38-14-10-13-37(54-30,55-31)23-11-9-12-24(16-23)42-26(46)17-39-33(49)28(20(3)4)41-22(7)45/h9,11-12,16,19-21,25,28-31H,10,13-15,17-18H2,1-8H3,(H,38,50)(H,39,49)(H,40,51)(H,41,45)(H,42,46)(H,43,47)(H,44,48)/t25-,28-,29-,30+,31+,37+/m0/s1. The normalized spacial score (nSPS) is 20.9. The number of anilines is 1. The maximum Gasteiger partial charge on any atom is 0.328 e. The lowest BCUT2D eigenvalue weighted by Gasteiger charge is -2.30. The van der Waals surface area contributed by atoms with Crippen LogP contribution in [0.4, 0.5) is 5.69 Å². The number of rotatable bonds is 17. The maximum atomic E-state index is 13.5. The third-order valence-corrected chi connectivity index (χ3v) is 8.93. The van der Waals surface area contributed by atoms with E-state index in [1.54, 1.807) is 52.0 Å². The zero-order valence-electron chi connectivity index (χ0n) is 32.7. The van der Waals surface area contributed by atoms with E-state index in [-0.39, 0.29) is 49.6 Å². The number of nitrogens with one attached hydrogen (secondary N) is 7. The third-order valence-electron chi connectivity index (χ3n) is 8.93. The molecule has 2 heterocycles. The Hall–Kier alpha value is -5.10. The number of methoxy groups -OCH3 is 1. The second-order valence-electron chi connectivity index (χ2n) is 14.7. The summed E-state index contributed by atoms with van der Waals surface area (Å²) in [4.78, 5) is 102. The van der Waals surface area contributed by atoms with Gasteiger partial charge < -0.3 is 51.4 Å². The van der Waals surface area contributed by atoms with Gasteiger partial charge in [0, 0.05) is 31.1 Å². The molecule has 18 heteroatoms. The Morgan fingerprint density at radius 2 is 1.55 bits per heavy atom. The third kappa shape index (κ3) is 12.5. The largest absolute Gasteiger partial charge is 0.467 e.